The minimum absolute atomic E-state index is 0.767. The number of hydrogen-bond donors (Lipinski definition) is 1. The van der Waals surface area contributed by atoms with Crippen LogP contribution in [0.15, 0.2) is 0 Å². The minimum Gasteiger partial charge on any atom is -0.315 e. The van der Waals surface area contributed by atoms with E-state index >= 15 is 0 Å². The van der Waals surface area contributed by atoms with Gasteiger partial charge in [0.1, 0.15) is 0 Å². The Labute approximate surface area is 114 Å². The first-order valence-electron chi connectivity index (χ1n) is 8.18. The predicted octanol–water partition coefficient (Wildman–Crippen LogP) is 3.28. The minimum atomic E-state index is 0.767. The Hall–Kier alpha value is -0.0800. The molecule has 0 amide bonds. The van der Waals surface area contributed by atoms with Gasteiger partial charge in [0, 0.05) is 18.6 Å². The number of nitrogens with one attached hydrogen (secondary N) is 1. The summed E-state index contributed by atoms with van der Waals surface area (Å²) in [6, 6.07) is 1.70. The maximum absolute atomic E-state index is 3.67. The first-order valence-corrected chi connectivity index (χ1v) is 8.18. The van der Waals surface area contributed by atoms with E-state index in [0.717, 1.165) is 23.9 Å². The topological polar surface area (TPSA) is 15.3 Å². The van der Waals surface area contributed by atoms with Gasteiger partial charge in [0.05, 0.1) is 0 Å². The lowest BCUT2D eigenvalue weighted by Gasteiger charge is -2.37. The summed E-state index contributed by atoms with van der Waals surface area (Å²) in [7, 11) is 0. The van der Waals surface area contributed by atoms with Crippen molar-refractivity contribution in [3.8, 4) is 0 Å². The van der Waals surface area contributed by atoms with E-state index < -0.39 is 0 Å². The fourth-order valence-corrected chi connectivity index (χ4v) is 3.93. The average Bonchev–Trinajstić information content (AvgIpc) is 2.78. The smallest absolute Gasteiger partial charge is 0.0221 e. The molecule has 1 saturated carbocycles. The van der Waals surface area contributed by atoms with Gasteiger partial charge in [-0.3, -0.25) is 4.90 Å². The Kier molecular flexibility index (Phi) is 5.50. The largest absolute Gasteiger partial charge is 0.315 e. The highest BCUT2D eigenvalue weighted by Crippen LogP contribution is 2.37. The molecule has 1 N–H and O–H groups in total. The van der Waals surface area contributed by atoms with Gasteiger partial charge in [-0.05, 0) is 50.6 Å². The van der Waals surface area contributed by atoms with Crippen LogP contribution in [0.1, 0.15) is 59.3 Å². The Morgan fingerprint density at radius 2 is 1.89 bits per heavy atom. The summed E-state index contributed by atoms with van der Waals surface area (Å²) in [6.07, 6.45) is 8.67. The van der Waals surface area contributed by atoms with Gasteiger partial charge in [-0.2, -0.15) is 0 Å². The molecule has 1 aliphatic carbocycles. The third-order valence-electron chi connectivity index (χ3n) is 4.93. The highest BCUT2D eigenvalue weighted by molar-refractivity contribution is 4.93. The highest BCUT2D eigenvalue weighted by atomic mass is 15.2. The van der Waals surface area contributed by atoms with Crippen LogP contribution in [0, 0.1) is 11.8 Å². The van der Waals surface area contributed by atoms with E-state index in [2.05, 4.69) is 31.0 Å². The SMILES string of the molecule is CCC(CNCC(C)C)N1CCC2CCCCC21. The Bertz CT molecular complexity index is 239. The molecule has 1 saturated heterocycles. The van der Waals surface area contributed by atoms with Crippen LogP contribution in [0.4, 0.5) is 0 Å². The third kappa shape index (κ3) is 3.48. The lowest BCUT2D eigenvalue weighted by atomic mass is 9.85. The second-order valence-electron chi connectivity index (χ2n) is 6.75. The van der Waals surface area contributed by atoms with Crippen molar-refractivity contribution in [1.82, 2.24) is 10.2 Å². The third-order valence-corrected chi connectivity index (χ3v) is 4.93. The maximum atomic E-state index is 3.67. The Morgan fingerprint density at radius 3 is 2.61 bits per heavy atom. The van der Waals surface area contributed by atoms with Crippen LogP contribution in [0.3, 0.4) is 0 Å². The molecule has 2 rings (SSSR count). The molecule has 0 aromatic heterocycles. The molecule has 2 nitrogen and oxygen atoms in total. The van der Waals surface area contributed by atoms with E-state index in [9.17, 15) is 0 Å². The molecule has 3 unspecified atom stereocenters. The van der Waals surface area contributed by atoms with E-state index in [1.54, 1.807) is 0 Å². The second-order valence-corrected chi connectivity index (χ2v) is 6.75. The second kappa shape index (κ2) is 6.91. The Morgan fingerprint density at radius 1 is 1.11 bits per heavy atom. The standard InChI is InChI=1S/C16H32N2/c1-4-15(12-17-11-13(2)3)18-10-9-14-7-5-6-8-16(14)18/h13-17H,4-12H2,1-3H3. The molecule has 0 bridgehead atoms. The van der Waals surface area contributed by atoms with Crippen molar-refractivity contribution < 1.29 is 0 Å². The van der Waals surface area contributed by atoms with Crippen LogP contribution < -0.4 is 5.32 Å². The van der Waals surface area contributed by atoms with E-state index in [1.807, 2.05) is 0 Å². The fraction of sp³-hybridized carbons (Fsp3) is 1.00. The van der Waals surface area contributed by atoms with Gasteiger partial charge >= 0.3 is 0 Å². The first kappa shape index (κ1) is 14.3. The molecule has 18 heavy (non-hydrogen) atoms. The molecule has 2 heteroatoms. The molecule has 0 aromatic rings. The van der Waals surface area contributed by atoms with Gasteiger partial charge in [-0.15, -0.1) is 0 Å². The molecule has 2 fully saturated rings. The van der Waals surface area contributed by atoms with Gasteiger partial charge in [0.2, 0.25) is 0 Å². The van der Waals surface area contributed by atoms with Gasteiger partial charge in [0.25, 0.3) is 0 Å². The summed E-state index contributed by atoms with van der Waals surface area (Å²) >= 11 is 0. The summed E-state index contributed by atoms with van der Waals surface area (Å²) < 4.78 is 0. The van der Waals surface area contributed by atoms with E-state index in [4.69, 9.17) is 0 Å². The monoisotopic (exact) mass is 252 g/mol. The summed E-state index contributed by atoms with van der Waals surface area (Å²) in [6.45, 7) is 10.7. The van der Waals surface area contributed by atoms with Crippen LogP contribution in [-0.4, -0.2) is 36.6 Å². The molecule has 1 aliphatic heterocycles. The van der Waals surface area contributed by atoms with Crippen LogP contribution in [0.5, 0.6) is 0 Å². The number of fused-ring (bicyclic) bond motifs is 1. The summed E-state index contributed by atoms with van der Waals surface area (Å²) in [5, 5.41) is 3.67. The number of hydrogen-bond acceptors (Lipinski definition) is 2. The zero-order chi connectivity index (χ0) is 13.0. The zero-order valence-corrected chi connectivity index (χ0v) is 12.6. The van der Waals surface area contributed by atoms with Crippen molar-refractivity contribution >= 4 is 0 Å². The van der Waals surface area contributed by atoms with Gasteiger partial charge in [-0.25, -0.2) is 0 Å². The van der Waals surface area contributed by atoms with Gasteiger partial charge in [0.15, 0.2) is 0 Å². The van der Waals surface area contributed by atoms with Gasteiger partial charge < -0.3 is 5.32 Å². The Balaban J connectivity index is 1.83. The molecular weight excluding hydrogens is 220 g/mol. The average molecular weight is 252 g/mol. The summed E-state index contributed by atoms with van der Waals surface area (Å²) in [4.78, 5) is 2.84. The van der Waals surface area contributed by atoms with Crippen molar-refractivity contribution in [2.24, 2.45) is 11.8 Å². The fourth-order valence-electron chi connectivity index (χ4n) is 3.93. The van der Waals surface area contributed by atoms with Crippen molar-refractivity contribution in [2.75, 3.05) is 19.6 Å². The summed E-state index contributed by atoms with van der Waals surface area (Å²) in [5.74, 6) is 1.79. The van der Waals surface area contributed by atoms with Crippen LogP contribution in [0.25, 0.3) is 0 Å². The van der Waals surface area contributed by atoms with E-state index in [-0.39, 0.29) is 0 Å². The molecule has 2 aliphatic rings. The molecule has 0 radical (unpaired) electrons. The van der Waals surface area contributed by atoms with Crippen molar-refractivity contribution in [3.63, 3.8) is 0 Å². The molecule has 106 valence electrons. The number of likely N-dealkylation sites (tertiary alicyclic amines) is 1. The first-order chi connectivity index (χ1) is 8.72. The zero-order valence-electron chi connectivity index (χ0n) is 12.6. The van der Waals surface area contributed by atoms with E-state index in [1.165, 1.54) is 58.2 Å². The molecule has 0 spiro atoms. The van der Waals surface area contributed by atoms with Crippen LogP contribution in [0.2, 0.25) is 0 Å². The quantitative estimate of drug-likeness (QED) is 0.780. The molecule has 1 heterocycles. The molecular formula is C16H32N2. The highest BCUT2D eigenvalue weighted by Gasteiger charge is 2.38. The number of nitrogens with zero attached hydrogens (tertiary/aromatic N) is 1. The molecule has 3 atom stereocenters. The number of rotatable bonds is 6. The lowest BCUT2D eigenvalue weighted by Crippen LogP contribution is -2.47. The summed E-state index contributed by atoms with van der Waals surface area (Å²) in [5.41, 5.74) is 0. The molecule has 0 aromatic carbocycles. The normalized spacial score (nSPS) is 30.7. The van der Waals surface area contributed by atoms with E-state index in [0.29, 0.717) is 0 Å². The van der Waals surface area contributed by atoms with Crippen molar-refractivity contribution in [2.45, 2.75) is 71.4 Å². The van der Waals surface area contributed by atoms with Crippen molar-refractivity contribution in [3.05, 3.63) is 0 Å². The maximum Gasteiger partial charge on any atom is 0.0221 e. The lowest BCUT2D eigenvalue weighted by molar-refractivity contribution is 0.126. The van der Waals surface area contributed by atoms with Gasteiger partial charge in [-0.1, -0.05) is 33.6 Å². The predicted molar refractivity (Wildman–Crippen MR) is 78.9 cm³/mol. The van der Waals surface area contributed by atoms with Crippen LogP contribution >= 0.6 is 0 Å². The van der Waals surface area contributed by atoms with Crippen LogP contribution in [-0.2, 0) is 0 Å². The van der Waals surface area contributed by atoms with Crippen molar-refractivity contribution in [1.29, 1.82) is 0 Å².